The topological polar surface area (TPSA) is 83.0 Å². The molecule has 3 rings (SSSR count). The Balaban J connectivity index is 1.90. The second-order valence-corrected chi connectivity index (χ2v) is 6.78. The smallest absolute Gasteiger partial charge is 0.280 e. The molecule has 136 valence electrons. The molecule has 0 atom stereocenters. The number of rotatable bonds is 5. The summed E-state index contributed by atoms with van der Waals surface area (Å²) in [5.41, 5.74) is 0.229. The molecule has 3 N–H and O–H groups in total. The summed E-state index contributed by atoms with van der Waals surface area (Å²) in [6.07, 6.45) is 1.87. The van der Waals surface area contributed by atoms with Crippen molar-refractivity contribution in [3.05, 3.63) is 18.0 Å². The quantitative estimate of drug-likeness (QED) is 0.765. The van der Waals surface area contributed by atoms with E-state index in [0.29, 0.717) is 22.7 Å². The number of aliphatic hydroxyl groups excluding tert-OH is 1. The van der Waals surface area contributed by atoms with E-state index in [-0.39, 0.29) is 23.9 Å². The van der Waals surface area contributed by atoms with Crippen LogP contribution in [0.1, 0.15) is 51.7 Å². The predicted octanol–water partition coefficient (Wildman–Crippen LogP) is 3.50. The summed E-state index contributed by atoms with van der Waals surface area (Å²) in [5.74, 6) is 0.791. The van der Waals surface area contributed by atoms with Crippen molar-refractivity contribution >= 4 is 22.7 Å². The Labute approximate surface area is 145 Å². The molecule has 1 aliphatic rings. The van der Waals surface area contributed by atoms with E-state index in [9.17, 15) is 13.9 Å². The van der Waals surface area contributed by atoms with Gasteiger partial charge < -0.3 is 15.7 Å². The first kappa shape index (κ1) is 17.7. The number of nitrogens with zero attached hydrogens (tertiary/aromatic N) is 3. The maximum absolute atomic E-state index is 13.1. The van der Waals surface area contributed by atoms with Gasteiger partial charge in [-0.05, 0) is 45.6 Å². The van der Waals surface area contributed by atoms with Crippen LogP contribution in [0.5, 0.6) is 0 Å². The Morgan fingerprint density at radius 1 is 1.16 bits per heavy atom. The number of hydrogen-bond acceptors (Lipinski definition) is 6. The summed E-state index contributed by atoms with van der Waals surface area (Å²) < 4.78 is 26.1. The predicted molar refractivity (Wildman–Crippen MR) is 92.9 cm³/mol. The van der Waals surface area contributed by atoms with E-state index in [1.165, 1.54) is 6.07 Å². The molecule has 0 aromatic carbocycles. The van der Waals surface area contributed by atoms with Gasteiger partial charge in [-0.3, -0.25) is 0 Å². The highest BCUT2D eigenvalue weighted by molar-refractivity contribution is 5.88. The molecular weight excluding hydrogens is 328 g/mol. The molecule has 0 unspecified atom stereocenters. The van der Waals surface area contributed by atoms with Gasteiger partial charge in [0.05, 0.1) is 6.10 Å². The lowest BCUT2D eigenvalue weighted by molar-refractivity contribution is 0.126. The third-order valence-corrected chi connectivity index (χ3v) is 4.26. The highest BCUT2D eigenvalue weighted by atomic mass is 19.3. The minimum Gasteiger partial charge on any atom is -0.393 e. The molecule has 25 heavy (non-hydrogen) atoms. The van der Waals surface area contributed by atoms with Gasteiger partial charge >= 0.3 is 0 Å². The molecule has 2 aromatic heterocycles. The molecule has 0 saturated heterocycles. The highest BCUT2D eigenvalue weighted by Gasteiger charge is 2.21. The number of pyridine rings is 1. The van der Waals surface area contributed by atoms with E-state index in [1.54, 1.807) is 6.20 Å². The molecule has 8 heteroatoms. The largest absolute Gasteiger partial charge is 0.393 e. The Bertz CT molecular complexity index is 732. The van der Waals surface area contributed by atoms with E-state index >= 15 is 0 Å². The van der Waals surface area contributed by atoms with Crippen molar-refractivity contribution in [1.82, 2.24) is 15.0 Å². The summed E-state index contributed by atoms with van der Waals surface area (Å²) in [7, 11) is 0. The van der Waals surface area contributed by atoms with Crippen LogP contribution >= 0.6 is 0 Å². The van der Waals surface area contributed by atoms with Crippen LogP contribution in [0.3, 0.4) is 0 Å². The molecule has 1 aliphatic carbocycles. The minimum atomic E-state index is -2.65. The highest BCUT2D eigenvalue weighted by Crippen LogP contribution is 2.27. The number of aromatic nitrogens is 3. The van der Waals surface area contributed by atoms with Gasteiger partial charge in [-0.25, -0.2) is 23.7 Å². The Morgan fingerprint density at radius 3 is 2.52 bits per heavy atom. The van der Waals surface area contributed by atoms with Crippen LogP contribution in [0.15, 0.2) is 12.3 Å². The van der Waals surface area contributed by atoms with E-state index < -0.39 is 6.43 Å². The summed E-state index contributed by atoms with van der Waals surface area (Å²) in [4.78, 5) is 12.8. The Morgan fingerprint density at radius 2 is 1.88 bits per heavy atom. The van der Waals surface area contributed by atoms with Gasteiger partial charge in [0.1, 0.15) is 11.2 Å². The van der Waals surface area contributed by atoms with E-state index in [2.05, 4.69) is 25.6 Å². The lowest BCUT2D eigenvalue weighted by Crippen LogP contribution is -2.28. The molecule has 0 aliphatic heterocycles. The van der Waals surface area contributed by atoms with Gasteiger partial charge in [0.2, 0.25) is 5.95 Å². The zero-order valence-electron chi connectivity index (χ0n) is 14.3. The van der Waals surface area contributed by atoms with Gasteiger partial charge in [-0.15, -0.1) is 0 Å². The summed E-state index contributed by atoms with van der Waals surface area (Å²) in [5, 5.41) is 16.5. The van der Waals surface area contributed by atoms with Gasteiger partial charge in [0, 0.05) is 23.7 Å². The lowest BCUT2D eigenvalue weighted by Gasteiger charge is -2.26. The molecule has 1 fully saturated rings. The van der Waals surface area contributed by atoms with Crippen LogP contribution in [0.25, 0.3) is 10.9 Å². The van der Waals surface area contributed by atoms with Crippen LogP contribution in [0, 0.1) is 0 Å². The van der Waals surface area contributed by atoms with E-state index in [0.717, 1.165) is 25.7 Å². The average Bonchev–Trinajstić information content (AvgIpc) is 2.56. The molecule has 0 bridgehead atoms. The van der Waals surface area contributed by atoms with Crippen molar-refractivity contribution in [2.75, 3.05) is 10.6 Å². The summed E-state index contributed by atoms with van der Waals surface area (Å²) >= 11 is 0. The number of hydrogen-bond donors (Lipinski definition) is 3. The summed E-state index contributed by atoms with van der Waals surface area (Å²) in [6.45, 7) is 3.83. The van der Waals surface area contributed by atoms with Crippen LogP contribution in [-0.2, 0) is 0 Å². The van der Waals surface area contributed by atoms with Crippen LogP contribution in [0.2, 0.25) is 0 Å². The zero-order valence-corrected chi connectivity index (χ0v) is 14.3. The fourth-order valence-electron chi connectivity index (χ4n) is 3.02. The van der Waals surface area contributed by atoms with Crippen LogP contribution < -0.4 is 10.6 Å². The maximum Gasteiger partial charge on any atom is 0.280 e. The normalized spacial score (nSPS) is 21.1. The van der Waals surface area contributed by atoms with Crippen molar-refractivity contribution in [1.29, 1.82) is 0 Å². The average molecular weight is 351 g/mol. The van der Waals surface area contributed by atoms with E-state index in [1.807, 2.05) is 13.8 Å². The Kier molecular flexibility index (Phi) is 5.27. The molecule has 6 nitrogen and oxygen atoms in total. The van der Waals surface area contributed by atoms with Gasteiger partial charge in [-0.2, -0.15) is 0 Å². The van der Waals surface area contributed by atoms with Crippen molar-refractivity contribution in [3.8, 4) is 0 Å². The van der Waals surface area contributed by atoms with Gasteiger partial charge in [-0.1, -0.05) is 0 Å². The van der Waals surface area contributed by atoms with E-state index in [4.69, 9.17) is 0 Å². The second-order valence-electron chi connectivity index (χ2n) is 6.78. The van der Waals surface area contributed by atoms with Gasteiger partial charge in [0.25, 0.3) is 6.43 Å². The Hall–Kier alpha value is -2.09. The second kappa shape index (κ2) is 7.43. The molecule has 0 radical (unpaired) electrons. The SMILES string of the molecule is CC(C)Nc1nc(C(F)F)cc2cnc(NC3CCC(O)CC3)nc12. The number of fused-ring (bicyclic) bond motifs is 1. The molecule has 0 spiro atoms. The minimum absolute atomic E-state index is 0.0369. The van der Waals surface area contributed by atoms with Crippen molar-refractivity contribution in [2.45, 2.75) is 64.1 Å². The third kappa shape index (κ3) is 4.31. The fourth-order valence-corrected chi connectivity index (χ4v) is 3.02. The van der Waals surface area contributed by atoms with Crippen molar-refractivity contribution < 1.29 is 13.9 Å². The maximum atomic E-state index is 13.1. The van der Waals surface area contributed by atoms with Crippen LogP contribution in [-0.4, -0.2) is 38.2 Å². The van der Waals surface area contributed by atoms with Crippen LogP contribution in [0.4, 0.5) is 20.5 Å². The number of aliphatic hydroxyl groups is 1. The van der Waals surface area contributed by atoms with Crippen molar-refractivity contribution in [3.63, 3.8) is 0 Å². The molecule has 0 amide bonds. The standard InChI is InChI=1S/C17H23F2N5O/c1-9(2)21-16-14-10(7-13(23-16)15(18)19)8-20-17(24-14)22-11-3-5-12(25)6-4-11/h7-9,11-12,15,25H,3-6H2,1-2H3,(H,21,23)(H,20,22,24). The third-order valence-electron chi connectivity index (χ3n) is 4.26. The fraction of sp³-hybridized carbons (Fsp3) is 0.588. The number of halogens is 2. The van der Waals surface area contributed by atoms with Gasteiger partial charge in [0.15, 0.2) is 5.82 Å². The van der Waals surface area contributed by atoms with Crippen molar-refractivity contribution in [2.24, 2.45) is 0 Å². The number of alkyl halides is 2. The number of nitrogens with one attached hydrogen (secondary N) is 2. The first-order valence-corrected chi connectivity index (χ1v) is 8.59. The molecule has 2 aromatic rings. The number of anilines is 2. The first-order valence-electron chi connectivity index (χ1n) is 8.59. The molecule has 1 saturated carbocycles. The zero-order chi connectivity index (χ0) is 18.0. The first-order chi connectivity index (χ1) is 11.9. The molecular formula is C17H23F2N5O. The molecule has 2 heterocycles. The monoisotopic (exact) mass is 351 g/mol. The lowest BCUT2D eigenvalue weighted by atomic mass is 9.93. The summed E-state index contributed by atoms with van der Waals surface area (Å²) in [6, 6.07) is 1.57.